The number of thiophene rings is 2. The predicted molar refractivity (Wildman–Crippen MR) is 496 cm³/mol. The largest absolute Gasteiger partial charge is 1.00 e. The zero-order chi connectivity index (χ0) is 91.1. The molecular weight excluding hydrogens is 1750 g/mol. The van der Waals surface area contributed by atoms with Gasteiger partial charge in [-0.25, -0.2) is 33.7 Å². The molecule has 0 aliphatic carbocycles. The van der Waals surface area contributed by atoms with Gasteiger partial charge in [-0.2, -0.15) is 0 Å². The number of rotatable bonds is 34. The summed E-state index contributed by atoms with van der Waals surface area (Å²) in [6.45, 7) is 26.9. The van der Waals surface area contributed by atoms with Crippen LogP contribution < -0.4 is 83.0 Å². The van der Waals surface area contributed by atoms with Crippen LogP contribution in [0.2, 0.25) is 0 Å². The maximum atomic E-state index is 11.2. The summed E-state index contributed by atoms with van der Waals surface area (Å²) in [5, 5.41) is 10.6. The minimum atomic E-state index is -4.28. The Kier molecular flexibility index (Phi) is 41.1. The summed E-state index contributed by atoms with van der Waals surface area (Å²) in [7, 11) is -15.6. The summed E-state index contributed by atoms with van der Waals surface area (Å²) in [6.07, 6.45) is 5.44. The fourth-order valence-corrected chi connectivity index (χ4v) is 18.3. The molecular formula is C97H111N2Na2O20S6-. The molecule has 13 rings (SSSR count). The molecule has 0 bridgehead atoms. The van der Waals surface area contributed by atoms with Crippen LogP contribution in [0.4, 0.5) is 11.4 Å². The van der Waals surface area contributed by atoms with E-state index in [0.29, 0.717) is 44.2 Å². The van der Waals surface area contributed by atoms with Gasteiger partial charge in [0.1, 0.15) is 34.4 Å². The van der Waals surface area contributed by atoms with Crippen molar-refractivity contribution in [1.29, 1.82) is 0 Å². The van der Waals surface area contributed by atoms with E-state index in [1.807, 2.05) is 153 Å². The van der Waals surface area contributed by atoms with Crippen LogP contribution in [0, 0.1) is 69.2 Å². The molecule has 0 spiro atoms. The number of nitrogens with zero attached hydrogens (tertiary/aromatic N) is 1. The molecule has 0 fully saturated rings. The number of unbranched alkanes of at least 4 members (excludes halogenated alkanes) is 2. The Balaban J connectivity index is 0.000000233. The Morgan fingerprint density at radius 3 is 1.20 bits per heavy atom. The molecule has 0 saturated carbocycles. The molecule has 127 heavy (non-hydrogen) atoms. The molecule has 30 heteroatoms. The maximum absolute atomic E-state index is 11.2. The zero-order valence-electron chi connectivity index (χ0n) is 75.1. The Morgan fingerprint density at radius 1 is 0.386 bits per heavy atom. The van der Waals surface area contributed by atoms with Crippen LogP contribution in [0.5, 0.6) is 23.0 Å². The number of aryl methyl sites for hydroxylation is 11. The molecule has 1 aliphatic rings. The first-order valence-electron chi connectivity index (χ1n) is 41.5. The minimum absolute atomic E-state index is 0. The summed E-state index contributed by atoms with van der Waals surface area (Å²) in [5.41, 5.74) is 22.9. The summed E-state index contributed by atoms with van der Waals surface area (Å²) in [6, 6.07) is 61.6. The number of carbonyl (C=O) groups excluding carboxylic acids is 1. The van der Waals surface area contributed by atoms with E-state index in [9.17, 15) is 61.5 Å². The van der Waals surface area contributed by atoms with Crippen LogP contribution in [0.15, 0.2) is 182 Å². The van der Waals surface area contributed by atoms with Crippen molar-refractivity contribution in [3.05, 3.63) is 246 Å². The van der Waals surface area contributed by atoms with Crippen LogP contribution in [0.1, 0.15) is 129 Å². The van der Waals surface area contributed by atoms with Crippen LogP contribution in [-0.4, -0.2) is 137 Å². The Hall–Kier alpha value is -8.08. The molecule has 2 N–H and O–H groups in total. The molecule has 1 atom stereocenters. The van der Waals surface area contributed by atoms with Gasteiger partial charge < -0.3 is 51.6 Å². The Bertz CT molecular complexity index is 6210. The third-order valence-electron chi connectivity index (χ3n) is 20.9. The van der Waals surface area contributed by atoms with Gasteiger partial charge in [-0.15, -0.1) is 22.7 Å². The molecule has 3 aromatic heterocycles. The molecule has 4 heterocycles. The summed E-state index contributed by atoms with van der Waals surface area (Å²) < 4.78 is 163. The number of esters is 1. The van der Waals surface area contributed by atoms with E-state index in [1.54, 1.807) is 22.7 Å². The molecule has 22 nitrogen and oxygen atoms in total. The summed E-state index contributed by atoms with van der Waals surface area (Å²) >= 11 is 3.36. The van der Waals surface area contributed by atoms with Gasteiger partial charge in [0.15, 0.2) is 0 Å². The van der Waals surface area contributed by atoms with Crippen LogP contribution in [-0.2, 0) is 74.2 Å². The fourth-order valence-electron chi connectivity index (χ4n) is 14.5. The van der Waals surface area contributed by atoms with Crippen molar-refractivity contribution in [2.75, 3.05) is 63.1 Å². The minimum Gasteiger partial charge on any atom is -0.748 e. The molecule has 0 radical (unpaired) electrons. The topological polar surface area (TPSA) is 339 Å². The third kappa shape index (κ3) is 32.8. The average Bonchev–Trinajstić information content (AvgIpc) is 1.59. The van der Waals surface area contributed by atoms with Crippen molar-refractivity contribution < 1.29 is 154 Å². The molecule has 0 saturated heterocycles. The van der Waals surface area contributed by atoms with Gasteiger partial charge >= 0.3 is 71.1 Å². The van der Waals surface area contributed by atoms with Crippen molar-refractivity contribution in [3.63, 3.8) is 0 Å². The predicted octanol–water partition coefficient (Wildman–Crippen LogP) is 13.5. The number of methoxy groups -OCH3 is 1. The number of carboxylic acids is 1. The summed E-state index contributed by atoms with van der Waals surface area (Å²) in [4.78, 5) is 27.1. The van der Waals surface area contributed by atoms with Gasteiger partial charge in [0.05, 0.1) is 93.4 Å². The number of ether oxygens (including phenoxy) is 5. The monoisotopic (exact) mass is 1860 g/mol. The Morgan fingerprint density at radius 2 is 0.748 bits per heavy atom. The average molecular weight is 1860 g/mol. The number of quaternary nitrogens is 1. The van der Waals surface area contributed by atoms with Gasteiger partial charge in [0.25, 0.3) is 0 Å². The second-order valence-corrected chi connectivity index (χ2v) is 40.3. The van der Waals surface area contributed by atoms with E-state index in [2.05, 4.69) is 121 Å². The number of nitrogens with one attached hydrogen (secondary N) is 1. The van der Waals surface area contributed by atoms with Crippen LogP contribution in [0.3, 0.4) is 0 Å². The van der Waals surface area contributed by atoms with Gasteiger partial charge in [-0.05, 0) is 236 Å². The first-order chi connectivity index (χ1) is 59.2. The van der Waals surface area contributed by atoms with Gasteiger partial charge in [0.2, 0.25) is 0 Å². The number of aromatic nitrogens is 1. The first-order valence-corrected chi connectivity index (χ1v) is 49.5. The van der Waals surface area contributed by atoms with E-state index in [-0.39, 0.29) is 116 Å². The SMILES string of the molecule is CCCCOc1cc(-c2ccc(-c3ccc(C)cc3)cc2)c(OCCCS(=O)(=O)[O-])cc1C.CCCCOc1cc(-c2ccc(C)cc2)c(OCCCS(=O)(=O)[O-])cc1C.COC(=O)Cc1cc(C)sc1C.Cc1cc(CC(=O)O)c(C)s1.Cc1ccc2c(c1)-c1cc(-c3ccc4c(c3)c3cc(C)ccc3n4CCCS(=O)(=O)[O-])ccc1[NH+]2CCCS(=O)(=O)[O-].[Na+].[Na+]. The Labute approximate surface area is 801 Å². The molecule has 0 amide bonds. The number of hydrogen-bond acceptors (Lipinski definition) is 21. The van der Waals surface area contributed by atoms with Crippen molar-refractivity contribution in [2.24, 2.45) is 0 Å². The number of fused-ring (bicyclic) bond motifs is 6. The fraction of sp³-hybridized carbons (Fsp3) is 0.340. The van der Waals surface area contributed by atoms with E-state index in [0.717, 1.165) is 175 Å². The number of carbonyl (C=O) groups is 2. The smallest absolute Gasteiger partial charge is 0.748 e. The maximum Gasteiger partial charge on any atom is 1.00 e. The van der Waals surface area contributed by atoms with Crippen molar-refractivity contribution in [3.8, 4) is 78.6 Å². The number of aliphatic carboxylic acids is 1. The van der Waals surface area contributed by atoms with Gasteiger partial charge in [-0.1, -0.05) is 140 Å². The second-order valence-electron chi connectivity index (χ2n) is 31.2. The van der Waals surface area contributed by atoms with Crippen molar-refractivity contribution in [2.45, 2.75) is 154 Å². The number of benzene rings is 9. The van der Waals surface area contributed by atoms with Crippen molar-refractivity contribution in [1.82, 2.24) is 4.57 Å². The second kappa shape index (κ2) is 49.2. The van der Waals surface area contributed by atoms with E-state index >= 15 is 0 Å². The number of carboxylic acid groups (broad SMARTS) is 1. The summed E-state index contributed by atoms with van der Waals surface area (Å²) in [5.74, 6) is 0.328. The standard InChI is InChI=1S/C32H32N2O6S2.C27H32O5S.C21H28O5S.C9H12O2S.C8H10O2S.2Na/c1-21-5-9-29-25(17-21)27-19-23(7-11-31(27)33(29)13-3-15-41(35,36)37)24-8-12-32-28(20-24)26-18-22(2)6-10-30(26)34(32)14-4-16-42(38,39)40;1-4-5-15-31-26-19-25(27(18-21(26)3)32-16-6-17-33(28,29)30)24-13-11-23(12-14-24)22-9-7-20(2)8-10-22;1-4-5-11-25-20-15-19(18-9-7-16(2)8-10-18)21(14-17(20)3)26-12-6-13-27(22,23)24;1-6-4-8(7(2)12-6)5-9(10)11-3;1-5-3-7(4-8(9)10)6(2)11-5;;/h5-12,17-20H,3-4,13-16H2,1-2H3,(H,35,36,37)(H,38,39,40);7-14,18-19H,4-6,15-17H2,1-3H3,(H,28,29,30);7-10,14-15H,4-6,11-13H2,1-3H3,(H,22,23,24);4H,5H2,1-3H3;3H,4H2,1-2H3,(H,9,10);;/q;;;;;2*+1/p-3. The van der Waals surface area contributed by atoms with Crippen LogP contribution >= 0.6 is 22.7 Å². The van der Waals surface area contributed by atoms with E-state index < -0.39 is 63.7 Å². The molecule has 9 aromatic carbocycles. The quantitative estimate of drug-likeness (QED) is 0.0164. The van der Waals surface area contributed by atoms with Crippen LogP contribution in [0.25, 0.3) is 77.4 Å². The van der Waals surface area contributed by atoms with Gasteiger partial charge in [-0.3, -0.25) is 14.5 Å². The normalized spacial score (nSPS) is 12.1. The zero-order valence-corrected chi connectivity index (χ0v) is 84.0. The molecule has 1 aliphatic heterocycles. The molecule has 1 unspecified atom stereocenters. The van der Waals surface area contributed by atoms with E-state index in [1.165, 1.54) is 27.3 Å². The molecule has 12 aromatic rings. The van der Waals surface area contributed by atoms with Crippen molar-refractivity contribution >= 4 is 108 Å². The first kappa shape index (κ1) is 106. The van der Waals surface area contributed by atoms with E-state index in [4.69, 9.17) is 24.1 Å². The van der Waals surface area contributed by atoms with Gasteiger partial charge in [0, 0.05) is 112 Å². The molecule has 668 valence electrons. The number of hydrogen-bond donors (Lipinski definition) is 2. The third-order valence-corrected chi connectivity index (χ3v) is 26.0.